The van der Waals surface area contributed by atoms with E-state index < -0.39 is 5.60 Å². The van der Waals surface area contributed by atoms with E-state index >= 15 is 0 Å². The number of aliphatic hydroxyl groups excluding tert-OH is 1. The van der Waals surface area contributed by atoms with Crippen molar-refractivity contribution in [2.45, 2.75) is 65.2 Å². The highest BCUT2D eigenvalue weighted by Crippen LogP contribution is 2.30. The van der Waals surface area contributed by atoms with E-state index in [9.17, 15) is 14.7 Å². The lowest BCUT2D eigenvalue weighted by Crippen LogP contribution is -2.59. The molecule has 2 heterocycles. The lowest BCUT2D eigenvalue weighted by atomic mass is 9.86. The maximum absolute atomic E-state index is 12.7. The summed E-state index contributed by atoms with van der Waals surface area (Å²) < 4.78 is 5.45. The third kappa shape index (κ3) is 4.16. The van der Waals surface area contributed by atoms with Gasteiger partial charge in [0.1, 0.15) is 5.60 Å². The monoisotopic (exact) mass is 326 g/mol. The molecule has 0 bridgehead atoms. The molecule has 2 fully saturated rings. The Bertz CT molecular complexity index is 452. The van der Waals surface area contributed by atoms with E-state index in [1.165, 1.54) is 0 Å². The van der Waals surface area contributed by atoms with E-state index in [4.69, 9.17) is 4.74 Å². The number of hydrogen-bond acceptors (Lipinski definition) is 4. The van der Waals surface area contributed by atoms with Gasteiger partial charge in [-0.25, -0.2) is 4.79 Å². The Kier molecular flexibility index (Phi) is 5.23. The molecule has 132 valence electrons. The van der Waals surface area contributed by atoms with E-state index in [1.807, 2.05) is 27.7 Å². The van der Waals surface area contributed by atoms with Gasteiger partial charge in [0.2, 0.25) is 5.91 Å². The summed E-state index contributed by atoms with van der Waals surface area (Å²) in [6.45, 7) is 11.1. The van der Waals surface area contributed by atoms with Crippen molar-refractivity contribution in [3.63, 3.8) is 0 Å². The van der Waals surface area contributed by atoms with Crippen LogP contribution in [0.4, 0.5) is 4.79 Å². The third-order valence-corrected chi connectivity index (χ3v) is 4.84. The van der Waals surface area contributed by atoms with Crippen LogP contribution in [0.3, 0.4) is 0 Å². The number of piperidine rings is 1. The van der Waals surface area contributed by atoms with Crippen LogP contribution >= 0.6 is 0 Å². The molecule has 0 aromatic carbocycles. The molecule has 0 saturated carbocycles. The normalized spacial score (nSPS) is 27.4. The van der Waals surface area contributed by atoms with Gasteiger partial charge in [-0.1, -0.05) is 0 Å². The van der Waals surface area contributed by atoms with Gasteiger partial charge in [-0.05, 0) is 47.5 Å². The van der Waals surface area contributed by atoms with Crippen molar-refractivity contribution in [2.24, 2.45) is 11.8 Å². The standard InChI is InChI=1S/C17H30N2O4/c1-11-14(15(21)18-9-13(10-18)12(2)20)7-6-8-19(11)16(22)23-17(3,4)5/h11-14,20H,6-10H2,1-5H3/t11-,12?,14-/m1/s1. The number of likely N-dealkylation sites (tertiary alicyclic amines) is 2. The zero-order valence-corrected chi connectivity index (χ0v) is 14.9. The number of aliphatic hydroxyl groups is 1. The van der Waals surface area contributed by atoms with Crippen molar-refractivity contribution >= 4 is 12.0 Å². The van der Waals surface area contributed by atoms with Gasteiger partial charge < -0.3 is 19.6 Å². The highest BCUT2D eigenvalue weighted by atomic mass is 16.6. The number of rotatable bonds is 2. The van der Waals surface area contributed by atoms with Crippen LogP contribution in [-0.4, -0.2) is 64.3 Å². The highest BCUT2D eigenvalue weighted by molar-refractivity contribution is 5.81. The van der Waals surface area contributed by atoms with Crippen molar-refractivity contribution in [3.8, 4) is 0 Å². The minimum atomic E-state index is -0.532. The summed E-state index contributed by atoms with van der Waals surface area (Å²) >= 11 is 0. The summed E-state index contributed by atoms with van der Waals surface area (Å²) in [5.74, 6) is 0.105. The van der Waals surface area contributed by atoms with Gasteiger partial charge in [-0.3, -0.25) is 4.79 Å². The molecule has 23 heavy (non-hydrogen) atoms. The Morgan fingerprint density at radius 2 is 1.87 bits per heavy atom. The number of carbonyl (C=O) groups excluding carboxylic acids is 2. The molecule has 0 spiro atoms. The molecule has 2 aliphatic rings. The average Bonchev–Trinajstić information content (AvgIpc) is 2.34. The number of amides is 2. The van der Waals surface area contributed by atoms with Crippen LogP contribution in [0.1, 0.15) is 47.5 Å². The molecule has 1 N–H and O–H groups in total. The Hall–Kier alpha value is -1.30. The van der Waals surface area contributed by atoms with Crippen LogP contribution < -0.4 is 0 Å². The SMILES string of the molecule is CC(O)C1CN(C(=O)[C@@H]2CCCN(C(=O)OC(C)(C)C)[C@@H]2C)C1. The molecular weight excluding hydrogens is 296 g/mol. The smallest absolute Gasteiger partial charge is 0.410 e. The Morgan fingerprint density at radius 1 is 1.26 bits per heavy atom. The van der Waals surface area contributed by atoms with Gasteiger partial charge in [0.05, 0.1) is 12.0 Å². The molecule has 3 atom stereocenters. The summed E-state index contributed by atoms with van der Waals surface area (Å²) in [6.07, 6.45) is 0.900. The second-order valence-corrected chi connectivity index (χ2v) is 7.91. The number of ether oxygens (including phenoxy) is 1. The van der Waals surface area contributed by atoms with E-state index in [0.29, 0.717) is 19.6 Å². The minimum Gasteiger partial charge on any atom is -0.444 e. The molecule has 0 aromatic rings. The highest BCUT2D eigenvalue weighted by Gasteiger charge is 2.42. The first-order valence-corrected chi connectivity index (χ1v) is 8.56. The van der Waals surface area contributed by atoms with Gasteiger partial charge in [0, 0.05) is 31.6 Å². The predicted molar refractivity (Wildman–Crippen MR) is 86.9 cm³/mol. The van der Waals surface area contributed by atoms with Crippen LogP contribution in [0, 0.1) is 11.8 Å². The molecule has 2 amide bonds. The van der Waals surface area contributed by atoms with E-state index in [0.717, 1.165) is 12.8 Å². The first-order valence-electron chi connectivity index (χ1n) is 8.56. The van der Waals surface area contributed by atoms with Crippen LogP contribution in [0.25, 0.3) is 0 Å². The summed E-state index contributed by atoms with van der Waals surface area (Å²) in [6, 6.07) is -0.156. The summed E-state index contributed by atoms with van der Waals surface area (Å²) in [5.41, 5.74) is -0.532. The molecule has 2 saturated heterocycles. The third-order valence-electron chi connectivity index (χ3n) is 4.84. The largest absolute Gasteiger partial charge is 0.444 e. The van der Waals surface area contributed by atoms with Gasteiger partial charge in [-0.15, -0.1) is 0 Å². The van der Waals surface area contributed by atoms with Crippen LogP contribution in [0.5, 0.6) is 0 Å². The lowest BCUT2D eigenvalue weighted by Gasteiger charge is -2.46. The van der Waals surface area contributed by atoms with Gasteiger partial charge in [0.15, 0.2) is 0 Å². The van der Waals surface area contributed by atoms with Crippen molar-refractivity contribution < 1.29 is 19.4 Å². The Morgan fingerprint density at radius 3 is 2.39 bits per heavy atom. The maximum Gasteiger partial charge on any atom is 0.410 e. The molecule has 0 aromatic heterocycles. The fourth-order valence-corrected chi connectivity index (χ4v) is 3.28. The molecule has 6 heteroatoms. The second kappa shape index (κ2) is 6.67. The fraction of sp³-hybridized carbons (Fsp3) is 0.882. The number of nitrogens with zero attached hydrogens (tertiary/aromatic N) is 2. The molecule has 0 radical (unpaired) electrons. The molecule has 0 aliphatic carbocycles. The summed E-state index contributed by atoms with van der Waals surface area (Å²) in [5, 5.41) is 9.55. The van der Waals surface area contributed by atoms with Crippen molar-refractivity contribution in [1.29, 1.82) is 0 Å². The first kappa shape index (κ1) is 18.0. The van der Waals surface area contributed by atoms with Crippen LogP contribution in [-0.2, 0) is 9.53 Å². The second-order valence-electron chi connectivity index (χ2n) is 7.91. The zero-order valence-electron chi connectivity index (χ0n) is 14.9. The number of carbonyl (C=O) groups is 2. The van der Waals surface area contributed by atoms with Crippen LogP contribution in [0.15, 0.2) is 0 Å². The molecule has 6 nitrogen and oxygen atoms in total. The fourth-order valence-electron chi connectivity index (χ4n) is 3.28. The molecule has 2 rings (SSSR count). The van der Waals surface area contributed by atoms with E-state index in [1.54, 1.807) is 16.7 Å². The summed E-state index contributed by atoms with van der Waals surface area (Å²) in [4.78, 5) is 28.5. The molecule has 1 unspecified atom stereocenters. The van der Waals surface area contributed by atoms with Gasteiger partial charge in [0.25, 0.3) is 0 Å². The van der Waals surface area contributed by atoms with Gasteiger partial charge in [-0.2, -0.15) is 0 Å². The molecular formula is C17H30N2O4. The van der Waals surface area contributed by atoms with Crippen molar-refractivity contribution in [1.82, 2.24) is 9.80 Å². The minimum absolute atomic E-state index is 0.0997. The maximum atomic E-state index is 12.7. The molecule has 2 aliphatic heterocycles. The first-order chi connectivity index (χ1) is 10.6. The van der Waals surface area contributed by atoms with E-state index in [-0.39, 0.29) is 36.0 Å². The lowest BCUT2D eigenvalue weighted by molar-refractivity contribution is -0.148. The average molecular weight is 326 g/mol. The topological polar surface area (TPSA) is 70.1 Å². The van der Waals surface area contributed by atoms with E-state index in [2.05, 4.69) is 0 Å². The number of hydrogen-bond donors (Lipinski definition) is 1. The Labute approximate surface area is 138 Å². The van der Waals surface area contributed by atoms with Crippen molar-refractivity contribution in [2.75, 3.05) is 19.6 Å². The zero-order chi connectivity index (χ0) is 17.4. The van der Waals surface area contributed by atoms with Crippen LogP contribution in [0.2, 0.25) is 0 Å². The van der Waals surface area contributed by atoms with Crippen molar-refractivity contribution in [3.05, 3.63) is 0 Å². The predicted octanol–water partition coefficient (Wildman–Crippen LogP) is 1.86. The summed E-state index contributed by atoms with van der Waals surface area (Å²) in [7, 11) is 0. The Balaban J connectivity index is 1.96. The quantitative estimate of drug-likeness (QED) is 0.841. The van der Waals surface area contributed by atoms with Gasteiger partial charge >= 0.3 is 6.09 Å².